The minimum atomic E-state index is -0.758. The number of hydrogen-bond donors (Lipinski definition) is 1. The highest BCUT2D eigenvalue weighted by molar-refractivity contribution is 5.97. The van der Waals surface area contributed by atoms with Gasteiger partial charge in [-0.15, -0.1) is 0 Å². The van der Waals surface area contributed by atoms with Gasteiger partial charge in [0.25, 0.3) is 5.91 Å². The minimum absolute atomic E-state index is 0.0560. The molecule has 0 saturated heterocycles. The molecule has 1 amide bonds. The molecule has 0 aliphatic rings. The van der Waals surface area contributed by atoms with E-state index in [1.54, 1.807) is 12.1 Å². The summed E-state index contributed by atoms with van der Waals surface area (Å²) in [6, 6.07) is 24.7. The van der Waals surface area contributed by atoms with E-state index in [-0.39, 0.29) is 11.3 Å². The van der Waals surface area contributed by atoms with Crippen molar-refractivity contribution in [2.75, 3.05) is 7.11 Å². The maximum Gasteiger partial charge on any atom is 0.328 e. The summed E-state index contributed by atoms with van der Waals surface area (Å²) < 4.78 is 4.92. The monoisotopic (exact) mass is 415 g/mol. The van der Waals surface area contributed by atoms with Crippen LogP contribution in [0, 0.1) is 0 Å². The molecule has 0 unspecified atom stereocenters. The number of benzene rings is 3. The Balaban J connectivity index is 1.72. The molecule has 160 valence electrons. The maximum absolute atomic E-state index is 12.8. The first-order chi connectivity index (χ1) is 14.8. The van der Waals surface area contributed by atoms with Crippen molar-refractivity contribution in [3.05, 3.63) is 95.6 Å². The van der Waals surface area contributed by atoms with Crippen molar-refractivity contribution in [3.8, 4) is 11.1 Å². The predicted octanol–water partition coefficient (Wildman–Crippen LogP) is 5.17. The Morgan fingerprint density at radius 2 is 1.42 bits per heavy atom. The molecular weight excluding hydrogens is 386 g/mol. The standard InChI is InChI=1S/C27H29NO3/c1-27(2,3)23-16-10-19(11-17-23)18-24(26(30)31-4)28-25(29)22-14-12-21(13-15-22)20-8-6-5-7-9-20/h5-17,24H,18H2,1-4H3,(H,28,29)/t24-/m1/s1. The van der Waals surface area contributed by atoms with Gasteiger partial charge in [0.2, 0.25) is 0 Å². The van der Waals surface area contributed by atoms with Crippen LogP contribution in [0.1, 0.15) is 42.3 Å². The zero-order valence-corrected chi connectivity index (χ0v) is 18.5. The highest BCUT2D eigenvalue weighted by Crippen LogP contribution is 2.23. The van der Waals surface area contributed by atoms with Crippen LogP contribution in [0.25, 0.3) is 11.1 Å². The van der Waals surface area contributed by atoms with Crippen LogP contribution in [0.5, 0.6) is 0 Å². The van der Waals surface area contributed by atoms with Crippen LogP contribution < -0.4 is 5.32 Å². The molecular formula is C27H29NO3. The molecule has 0 saturated carbocycles. The van der Waals surface area contributed by atoms with E-state index < -0.39 is 12.0 Å². The van der Waals surface area contributed by atoms with Gasteiger partial charge in [-0.05, 0) is 39.8 Å². The first-order valence-corrected chi connectivity index (χ1v) is 10.4. The van der Waals surface area contributed by atoms with Crippen LogP contribution in [-0.4, -0.2) is 25.0 Å². The molecule has 4 heteroatoms. The van der Waals surface area contributed by atoms with E-state index in [0.29, 0.717) is 12.0 Å². The van der Waals surface area contributed by atoms with E-state index in [1.807, 2.05) is 54.6 Å². The van der Waals surface area contributed by atoms with Crippen molar-refractivity contribution in [1.29, 1.82) is 0 Å². The Hall–Kier alpha value is -3.40. The molecule has 0 radical (unpaired) electrons. The number of rotatable bonds is 6. The zero-order valence-electron chi connectivity index (χ0n) is 18.5. The third-order valence-electron chi connectivity index (χ3n) is 5.31. The summed E-state index contributed by atoms with van der Waals surface area (Å²) in [5.41, 5.74) is 4.84. The molecule has 0 bridgehead atoms. The zero-order chi connectivity index (χ0) is 22.4. The fraction of sp³-hybridized carbons (Fsp3) is 0.259. The highest BCUT2D eigenvalue weighted by Gasteiger charge is 2.23. The largest absolute Gasteiger partial charge is 0.467 e. The summed E-state index contributed by atoms with van der Waals surface area (Å²) in [4.78, 5) is 25.1. The number of amides is 1. The molecule has 4 nitrogen and oxygen atoms in total. The minimum Gasteiger partial charge on any atom is -0.467 e. The Kier molecular flexibility index (Phi) is 6.91. The SMILES string of the molecule is COC(=O)[C@@H](Cc1ccc(C(C)(C)C)cc1)NC(=O)c1ccc(-c2ccccc2)cc1. The molecule has 1 N–H and O–H groups in total. The van der Waals surface area contributed by atoms with Crippen molar-refractivity contribution < 1.29 is 14.3 Å². The molecule has 3 rings (SSSR count). The fourth-order valence-corrected chi connectivity index (χ4v) is 3.40. The summed E-state index contributed by atoms with van der Waals surface area (Å²) in [6.07, 6.45) is 0.366. The number of carbonyl (C=O) groups is 2. The van der Waals surface area contributed by atoms with Crippen molar-refractivity contribution in [3.63, 3.8) is 0 Å². The quantitative estimate of drug-likeness (QED) is 0.566. The average Bonchev–Trinajstić information content (AvgIpc) is 2.78. The van der Waals surface area contributed by atoms with Gasteiger partial charge in [0.05, 0.1) is 7.11 Å². The van der Waals surface area contributed by atoms with Crippen LogP contribution in [-0.2, 0) is 21.4 Å². The summed E-state index contributed by atoms with van der Waals surface area (Å²) in [5.74, 6) is -0.768. The van der Waals surface area contributed by atoms with Crippen molar-refractivity contribution in [2.24, 2.45) is 0 Å². The number of hydrogen-bond acceptors (Lipinski definition) is 3. The summed E-state index contributed by atoms with van der Waals surface area (Å²) in [6.45, 7) is 6.47. The van der Waals surface area contributed by atoms with E-state index in [2.05, 4.69) is 38.2 Å². The van der Waals surface area contributed by atoms with E-state index in [9.17, 15) is 9.59 Å². The van der Waals surface area contributed by atoms with Crippen LogP contribution in [0.15, 0.2) is 78.9 Å². The van der Waals surface area contributed by atoms with Gasteiger partial charge in [-0.3, -0.25) is 4.79 Å². The smallest absolute Gasteiger partial charge is 0.328 e. The van der Waals surface area contributed by atoms with Crippen molar-refractivity contribution in [2.45, 2.75) is 38.6 Å². The van der Waals surface area contributed by atoms with Gasteiger partial charge in [0.15, 0.2) is 0 Å². The Labute approximate surface area is 184 Å². The number of methoxy groups -OCH3 is 1. The average molecular weight is 416 g/mol. The van der Waals surface area contributed by atoms with Crippen molar-refractivity contribution >= 4 is 11.9 Å². The van der Waals surface area contributed by atoms with Gasteiger partial charge in [0, 0.05) is 12.0 Å². The topological polar surface area (TPSA) is 55.4 Å². The van der Waals surface area contributed by atoms with Gasteiger partial charge in [0.1, 0.15) is 6.04 Å². The van der Waals surface area contributed by atoms with Gasteiger partial charge in [-0.1, -0.05) is 87.5 Å². The molecule has 0 fully saturated rings. The lowest BCUT2D eigenvalue weighted by Crippen LogP contribution is -2.43. The van der Waals surface area contributed by atoms with Crippen LogP contribution in [0.2, 0.25) is 0 Å². The Morgan fingerprint density at radius 3 is 1.97 bits per heavy atom. The first-order valence-electron chi connectivity index (χ1n) is 10.4. The molecule has 0 aliphatic heterocycles. The highest BCUT2D eigenvalue weighted by atomic mass is 16.5. The fourth-order valence-electron chi connectivity index (χ4n) is 3.40. The number of ether oxygens (including phenoxy) is 1. The Bertz CT molecular complexity index is 1020. The van der Waals surface area contributed by atoms with E-state index in [0.717, 1.165) is 16.7 Å². The molecule has 0 aliphatic carbocycles. The van der Waals surface area contributed by atoms with Gasteiger partial charge in [-0.25, -0.2) is 4.79 Å². The van der Waals surface area contributed by atoms with Gasteiger partial charge in [-0.2, -0.15) is 0 Å². The lowest BCUT2D eigenvalue weighted by atomic mass is 9.86. The maximum atomic E-state index is 12.8. The molecule has 31 heavy (non-hydrogen) atoms. The molecule has 1 atom stereocenters. The second-order valence-corrected chi connectivity index (χ2v) is 8.64. The normalized spacial score (nSPS) is 12.1. The molecule has 3 aromatic rings. The molecule has 0 aromatic heterocycles. The van der Waals surface area contributed by atoms with Crippen molar-refractivity contribution in [1.82, 2.24) is 5.32 Å². The van der Waals surface area contributed by atoms with E-state index in [4.69, 9.17) is 4.74 Å². The van der Waals surface area contributed by atoms with E-state index in [1.165, 1.54) is 12.7 Å². The van der Waals surface area contributed by atoms with Crippen LogP contribution in [0.3, 0.4) is 0 Å². The number of carbonyl (C=O) groups excluding carboxylic acids is 2. The van der Waals surface area contributed by atoms with E-state index >= 15 is 0 Å². The molecule has 0 spiro atoms. The predicted molar refractivity (Wildman–Crippen MR) is 124 cm³/mol. The lowest BCUT2D eigenvalue weighted by molar-refractivity contribution is -0.142. The third-order valence-corrected chi connectivity index (χ3v) is 5.31. The van der Waals surface area contributed by atoms with Crippen LogP contribution >= 0.6 is 0 Å². The first kappa shape index (κ1) is 22.3. The summed E-state index contributed by atoms with van der Waals surface area (Å²) in [7, 11) is 1.33. The van der Waals surface area contributed by atoms with Gasteiger partial charge < -0.3 is 10.1 Å². The summed E-state index contributed by atoms with van der Waals surface area (Å²) in [5, 5.41) is 2.82. The second kappa shape index (κ2) is 9.61. The number of esters is 1. The number of nitrogens with one attached hydrogen (secondary N) is 1. The summed E-state index contributed by atoms with van der Waals surface area (Å²) >= 11 is 0. The van der Waals surface area contributed by atoms with Crippen LogP contribution in [0.4, 0.5) is 0 Å². The second-order valence-electron chi connectivity index (χ2n) is 8.64. The lowest BCUT2D eigenvalue weighted by Gasteiger charge is -2.20. The van der Waals surface area contributed by atoms with Gasteiger partial charge >= 0.3 is 5.97 Å². The Morgan fingerprint density at radius 1 is 0.839 bits per heavy atom. The molecule has 3 aromatic carbocycles. The third kappa shape index (κ3) is 5.82. The molecule has 0 heterocycles.